The number of hydrogen-bond acceptors (Lipinski definition) is 5. The number of benzene rings is 1. The molecule has 0 aromatic heterocycles. The third-order valence-electron chi connectivity index (χ3n) is 5.70. The molecule has 144 valence electrons. The highest BCUT2D eigenvalue weighted by Crippen LogP contribution is 2.29. The van der Waals surface area contributed by atoms with Crippen LogP contribution in [0.1, 0.15) is 31.4 Å². The Morgan fingerprint density at radius 3 is 2.54 bits per heavy atom. The summed E-state index contributed by atoms with van der Waals surface area (Å²) in [5.41, 5.74) is 9.06. The highest BCUT2D eigenvalue weighted by atomic mass is 16.5. The standard InChI is InChI=1S/C20H32N4O2/c1-15(2)23-10-8-22(9-11-23)6-5-20(25)24-7-4-16-13-19(26-3)18(21)12-17(16)14-24/h12-13,15H,4-11,14,21H2,1-3H3. The van der Waals surface area contributed by atoms with Crippen LogP contribution < -0.4 is 10.5 Å². The molecule has 0 spiro atoms. The van der Waals surface area contributed by atoms with Gasteiger partial charge in [-0.15, -0.1) is 0 Å². The van der Waals surface area contributed by atoms with Crippen LogP contribution >= 0.6 is 0 Å². The first-order chi connectivity index (χ1) is 12.5. The van der Waals surface area contributed by atoms with E-state index >= 15 is 0 Å². The maximum atomic E-state index is 12.7. The van der Waals surface area contributed by atoms with Crippen LogP contribution in [0, 0.1) is 0 Å². The molecular weight excluding hydrogens is 328 g/mol. The lowest BCUT2D eigenvalue weighted by atomic mass is 9.98. The van der Waals surface area contributed by atoms with Crippen LogP contribution in [0.2, 0.25) is 0 Å². The molecule has 1 aromatic carbocycles. The van der Waals surface area contributed by atoms with Gasteiger partial charge >= 0.3 is 0 Å². The summed E-state index contributed by atoms with van der Waals surface area (Å²) >= 11 is 0. The topological polar surface area (TPSA) is 62.0 Å². The van der Waals surface area contributed by atoms with Crippen molar-refractivity contribution >= 4 is 11.6 Å². The third kappa shape index (κ3) is 4.30. The predicted octanol–water partition coefficient (Wildman–Crippen LogP) is 1.58. The zero-order valence-electron chi connectivity index (χ0n) is 16.3. The molecule has 3 rings (SSSR count). The number of methoxy groups -OCH3 is 1. The van der Waals surface area contributed by atoms with E-state index in [-0.39, 0.29) is 5.91 Å². The van der Waals surface area contributed by atoms with E-state index in [1.54, 1.807) is 7.11 Å². The van der Waals surface area contributed by atoms with E-state index in [1.165, 1.54) is 5.56 Å². The quantitative estimate of drug-likeness (QED) is 0.808. The van der Waals surface area contributed by atoms with Gasteiger partial charge in [0.15, 0.2) is 0 Å². The molecule has 1 aromatic rings. The second kappa shape index (κ2) is 8.27. The van der Waals surface area contributed by atoms with Crippen molar-refractivity contribution < 1.29 is 9.53 Å². The maximum Gasteiger partial charge on any atom is 0.224 e. The first kappa shape index (κ1) is 19.0. The number of hydrogen-bond donors (Lipinski definition) is 1. The SMILES string of the molecule is COc1cc2c(cc1N)CN(C(=O)CCN1CCN(C(C)C)CC1)CC2. The summed E-state index contributed by atoms with van der Waals surface area (Å²) in [7, 11) is 1.64. The highest BCUT2D eigenvalue weighted by Gasteiger charge is 2.24. The summed E-state index contributed by atoms with van der Waals surface area (Å²) in [6.45, 7) is 11.1. The van der Waals surface area contributed by atoms with E-state index in [9.17, 15) is 4.79 Å². The van der Waals surface area contributed by atoms with Crippen LogP contribution in [-0.4, -0.2) is 73.0 Å². The van der Waals surface area contributed by atoms with E-state index in [1.807, 2.05) is 17.0 Å². The van der Waals surface area contributed by atoms with Gasteiger partial charge in [-0.05, 0) is 43.5 Å². The fourth-order valence-corrected chi connectivity index (χ4v) is 3.91. The summed E-state index contributed by atoms with van der Waals surface area (Å²) in [4.78, 5) is 19.5. The Morgan fingerprint density at radius 2 is 1.88 bits per heavy atom. The van der Waals surface area contributed by atoms with Gasteiger partial charge in [0.2, 0.25) is 5.91 Å². The molecule has 0 saturated carbocycles. The molecule has 2 aliphatic heterocycles. The molecule has 6 nitrogen and oxygen atoms in total. The number of anilines is 1. The number of nitrogen functional groups attached to an aromatic ring is 1. The highest BCUT2D eigenvalue weighted by molar-refractivity contribution is 5.77. The molecule has 1 fully saturated rings. The van der Waals surface area contributed by atoms with Crippen molar-refractivity contribution in [1.82, 2.24) is 14.7 Å². The molecule has 0 bridgehead atoms. The lowest BCUT2D eigenvalue weighted by Gasteiger charge is -2.37. The van der Waals surface area contributed by atoms with Crippen molar-refractivity contribution in [2.45, 2.75) is 39.3 Å². The van der Waals surface area contributed by atoms with Crippen molar-refractivity contribution in [3.8, 4) is 5.75 Å². The minimum Gasteiger partial charge on any atom is -0.495 e. The molecule has 0 atom stereocenters. The van der Waals surface area contributed by atoms with Gasteiger partial charge in [-0.1, -0.05) is 0 Å². The Bertz CT molecular complexity index is 639. The van der Waals surface area contributed by atoms with Crippen molar-refractivity contribution in [1.29, 1.82) is 0 Å². The molecule has 2 aliphatic rings. The smallest absolute Gasteiger partial charge is 0.224 e. The van der Waals surface area contributed by atoms with Crippen molar-refractivity contribution in [3.63, 3.8) is 0 Å². The van der Waals surface area contributed by atoms with Gasteiger partial charge in [-0.25, -0.2) is 0 Å². The molecule has 1 amide bonds. The number of nitrogens with two attached hydrogens (primary N) is 1. The van der Waals surface area contributed by atoms with Gasteiger partial charge < -0.3 is 20.3 Å². The van der Waals surface area contributed by atoms with Crippen molar-refractivity contribution in [3.05, 3.63) is 23.3 Å². The average molecular weight is 361 g/mol. The van der Waals surface area contributed by atoms with Crippen molar-refractivity contribution in [2.24, 2.45) is 0 Å². The molecule has 6 heteroatoms. The normalized spacial score (nSPS) is 18.8. The van der Waals surface area contributed by atoms with E-state index in [0.29, 0.717) is 24.7 Å². The van der Waals surface area contributed by atoms with E-state index in [0.717, 1.165) is 57.0 Å². The second-order valence-corrected chi connectivity index (χ2v) is 7.65. The molecule has 2 N–H and O–H groups in total. The summed E-state index contributed by atoms with van der Waals surface area (Å²) in [6.07, 6.45) is 1.47. The molecule has 2 heterocycles. The average Bonchev–Trinajstić information content (AvgIpc) is 2.65. The van der Waals surface area contributed by atoms with Crippen LogP contribution in [-0.2, 0) is 17.8 Å². The molecular formula is C20H32N4O2. The summed E-state index contributed by atoms with van der Waals surface area (Å²) < 4.78 is 5.30. The first-order valence-electron chi connectivity index (χ1n) is 9.67. The fraction of sp³-hybridized carbons (Fsp3) is 0.650. The molecule has 1 saturated heterocycles. The van der Waals surface area contributed by atoms with Crippen LogP contribution in [0.15, 0.2) is 12.1 Å². The van der Waals surface area contributed by atoms with Gasteiger partial charge in [0.1, 0.15) is 5.75 Å². The Morgan fingerprint density at radius 1 is 1.15 bits per heavy atom. The lowest BCUT2D eigenvalue weighted by Crippen LogP contribution is -2.49. The number of fused-ring (bicyclic) bond motifs is 1. The predicted molar refractivity (Wildman–Crippen MR) is 104 cm³/mol. The van der Waals surface area contributed by atoms with Crippen LogP contribution in [0.5, 0.6) is 5.75 Å². The van der Waals surface area contributed by atoms with Gasteiger partial charge in [0, 0.05) is 58.3 Å². The number of nitrogens with zero attached hydrogens (tertiary/aromatic N) is 3. The first-order valence-corrected chi connectivity index (χ1v) is 9.67. The molecule has 0 radical (unpaired) electrons. The number of rotatable bonds is 5. The number of carbonyl (C=O) groups is 1. The van der Waals surface area contributed by atoms with Gasteiger partial charge in [0.25, 0.3) is 0 Å². The Labute approximate surface area is 156 Å². The van der Waals surface area contributed by atoms with E-state index in [2.05, 4.69) is 23.6 Å². The second-order valence-electron chi connectivity index (χ2n) is 7.65. The largest absolute Gasteiger partial charge is 0.495 e. The third-order valence-corrected chi connectivity index (χ3v) is 5.70. The Hall–Kier alpha value is -1.79. The lowest BCUT2D eigenvalue weighted by molar-refractivity contribution is -0.132. The minimum atomic E-state index is 0.247. The maximum absolute atomic E-state index is 12.7. The summed E-state index contributed by atoms with van der Waals surface area (Å²) in [5.74, 6) is 0.973. The summed E-state index contributed by atoms with van der Waals surface area (Å²) in [5, 5.41) is 0. The summed E-state index contributed by atoms with van der Waals surface area (Å²) in [6, 6.07) is 4.58. The van der Waals surface area contributed by atoms with Crippen LogP contribution in [0.4, 0.5) is 5.69 Å². The minimum absolute atomic E-state index is 0.247. The fourth-order valence-electron chi connectivity index (χ4n) is 3.91. The van der Waals surface area contributed by atoms with E-state index < -0.39 is 0 Å². The number of amides is 1. The van der Waals surface area contributed by atoms with Crippen molar-refractivity contribution in [2.75, 3.05) is 52.1 Å². The Balaban J connectivity index is 1.50. The van der Waals surface area contributed by atoms with Crippen LogP contribution in [0.25, 0.3) is 0 Å². The monoisotopic (exact) mass is 360 g/mol. The molecule has 0 aliphatic carbocycles. The van der Waals surface area contributed by atoms with Gasteiger partial charge in [-0.2, -0.15) is 0 Å². The molecule has 0 unspecified atom stereocenters. The zero-order chi connectivity index (χ0) is 18.7. The number of ether oxygens (including phenoxy) is 1. The van der Waals surface area contributed by atoms with Crippen LogP contribution in [0.3, 0.4) is 0 Å². The number of carbonyl (C=O) groups excluding carboxylic acids is 1. The zero-order valence-corrected chi connectivity index (χ0v) is 16.3. The van der Waals surface area contributed by atoms with E-state index in [4.69, 9.17) is 10.5 Å². The molecule has 26 heavy (non-hydrogen) atoms. The number of piperazine rings is 1. The Kier molecular flexibility index (Phi) is 6.04. The van der Waals surface area contributed by atoms with Gasteiger partial charge in [-0.3, -0.25) is 9.69 Å². The van der Waals surface area contributed by atoms with Gasteiger partial charge in [0.05, 0.1) is 12.8 Å².